The Balaban J connectivity index is 2.77. The molecule has 0 bridgehead atoms. The van der Waals surface area contributed by atoms with Gasteiger partial charge in [0.25, 0.3) is 0 Å². The van der Waals surface area contributed by atoms with Gasteiger partial charge in [-0.2, -0.15) is 0 Å². The molecule has 2 aromatic rings. The van der Waals surface area contributed by atoms with Crippen LogP contribution < -0.4 is 0 Å². The number of aromatic hydroxyl groups is 1. The molecule has 0 atom stereocenters. The second-order valence-electron chi connectivity index (χ2n) is 3.11. The van der Waals surface area contributed by atoms with E-state index in [1.54, 1.807) is 23.1 Å². The van der Waals surface area contributed by atoms with E-state index in [4.69, 9.17) is 0 Å². The third-order valence-corrected chi connectivity index (χ3v) is 4.35. The molecule has 1 nitrogen and oxygen atoms in total. The lowest BCUT2D eigenvalue weighted by Gasteiger charge is -2.05. The Morgan fingerprint density at radius 3 is 2.86 bits per heavy atom. The van der Waals surface area contributed by atoms with E-state index in [2.05, 4.69) is 19.2 Å². The van der Waals surface area contributed by atoms with Gasteiger partial charge in [0, 0.05) is 15.7 Å². The predicted octanol–water partition coefficient (Wildman–Crippen LogP) is 3.89. The number of fused-ring (bicyclic) bond motifs is 1. The molecule has 1 aromatic carbocycles. The molecule has 0 fully saturated rings. The first-order valence-electron chi connectivity index (χ1n) is 4.54. The molecule has 1 aromatic heterocycles. The van der Waals surface area contributed by atoms with Crippen molar-refractivity contribution in [1.82, 2.24) is 0 Å². The highest BCUT2D eigenvalue weighted by Gasteiger charge is 2.09. The summed E-state index contributed by atoms with van der Waals surface area (Å²) in [6, 6.07) is 4.13. The third-order valence-electron chi connectivity index (χ3n) is 2.34. The van der Waals surface area contributed by atoms with Gasteiger partial charge in [0.2, 0.25) is 0 Å². The van der Waals surface area contributed by atoms with Crippen molar-refractivity contribution in [2.75, 3.05) is 6.26 Å². The SMILES string of the molecule is CCc1ccc2c(O)csc2c1SC. The summed E-state index contributed by atoms with van der Waals surface area (Å²) >= 11 is 3.39. The molecule has 0 saturated heterocycles. The van der Waals surface area contributed by atoms with Crippen molar-refractivity contribution >= 4 is 33.2 Å². The van der Waals surface area contributed by atoms with Gasteiger partial charge in [-0.15, -0.1) is 23.1 Å². The zero-order valence-corrected chi connectivity index (χ0v) is 9.84. The summed E-state index contributed by atoms with van der Waals surface area (Å²) in [5.41, 5.74) is 1.37. The van der Waals surface area contributed by atoms with Gasteiger partial charge in [-0.1, -0.05) is 13.0 Å². The Bertz CT molecular complexity index is 460. The number of rotatable bonds is 2. The van der Waals surface area contributed by atoms with Crippen LogP contribution >= 0.6 is 23.1 Å². The minimum absolute atomic E-state index is 0.406. The highest BCUT2D eigenvalue weighted by atomic mass is 32.2. The topological polar surface area (TPSA) is 20.2 Å². The van der Waals surface area contributed by atoms with Crippen LogP contribution in [0.25, 0.3) is 10.1 Å². The fourth-order valence-electron chi connectivity index (χ4n) is 1.60. The second-order valence-corrected chi connectivity index (χ2v) is 4.81. The third kappa shape index (κ3) is 1.41. The molecule has 0 spiro atoms. The summed E-state index contributed by atoms with van der Waals surface area (Å²) in [7, 11) is 0. The Hall–Kier alpha value is -0.670. The van der Waals surface area contributed by atoms with Crippen molar-refractivity contribution in [2.24, 2.45) is 0 Å². The zero-order valence-electron chi connectivity index (χ0n) is 8.20. The molecule has 0 saturated carbocycles. The molecule has 0 amide bonds. The summed E-state index contributed by atoms with van der Waals surface area (Å²) in [5.74, 6) is 0.406. The molecular formula is C11H12OS2. The van der Waals surface area contributed by atoms with Gasteiger partial charge in [0.15, 0.2) is 0 Å². The van der Waals surface area contributed by atoms with Crippen molar-refractivity contribution < 1.29 is 5.11 Å². The van der Waals surface area contributed by atoms with Crippen LogP contribution in [0.4, 0.5) is 0 Å². The predicted molar refractivity (Wildman–Crippen MR) is 64.6 cm³/mol. The monoisotopic (exact) mass is 224 g/mol. The summed E-state index contributed by atoms with van der Waals surface area (Å²) in [6.07, 6.45) is 3.13. The summed E-state index contributed by atoms with van der Waals surface area (Å²) in [5, 5.41) is 12.4. The highest BCUT2D eigenvalue weighted by Crippen LogP contribution is 2.39. The Labute approximate surface area is 91.8 Å². The molecule has 74 valence electrons. The first-order valence-corrected chi connectivity index (χ1v) is 6.64. The zero-order chi connectivity index (χ0) is 10.1. The minimum atomic E-state index is 0.406. The number of aryl methyl sites for hydroxylation is 1. The van der Waals surface area contributed by atoms with Crippen LogP contribution in [0, 0.1) is 0 Å². The van der Waals surface area contributed by atoms with Gasteiger partial charge in [0.05, 0.1) is 4.70 Å². The minimum Gasteiger partial charge on any atom is -0.506 e. The molecule has 1 heterocycles. The van der Waals surface area contributed by atoms with E-state index in [-0.39, 0.29) is 0 Å². The van der Waals surface area contributed by atoms with Crippen molar-refractivity contribution in [2.45, 2.75) is 18.2 Å². The first-order chi connectivity index (χ1) is 6.77. The van der Waals surface area contributed by atoms with Gasteiger partial charge in [-0.05, 0) is 24.3 Å². The van der Waals surface area contributed by atoms with Crippen molar-refractivity contribution in [3.8, 4) is 5.75 Å². The van der Waals surface area contributed by atoms with E-state index in [1.165, 1.54) is 15.2 Å². The van der Waals surface area contributed by atoms with Gasteiger partial charge < -0.3 is 5.11 Å². The van der Waals surface area contributed by atoms with Gasteiger partial charge >= 0.3 is 0 Å². The maximum atomic E-state index is 9.60. The van der Waals surface area contributed by atoms with Crippen LogP contribution in [0.2, 0.25) is 0 Å². The summed E-state index contributed by atoms with van der Waals surface area (Å²) in [4.78, 5) is 1.32. The summed E-state index contributed by atoms with van der Waals surface area (Å²) in [6.45, 7) is 2.16. The number of thioether (sulfide) groups is 1. The molecule has 0 aliphatic carbocycles. The van der Waals surface area contributed by atoms with E-state index < -0.39 is 0 Å². The second kappa shape index (κ2) is 3.83. The Morgan fingerprint density at radius 2 is 2.21 bits per heavy atom. The molecule has 14 heavy (non-hydrogen) atoms. The van der Waals surface area contributed by atoms with Crippen molar-refractivity contribution in [1.29, 1.82) is 0 Å². The molecular weight excluding hydrogens is 212 g/mol. The van der Waals surface area contributed by atoms with Crippen LogP contribution in [-0.2, 0) is 6.42 Å². The first kappa shape index (κ1) is 9.87. The van der Waals surface area contributed by atoms with Crippen LogP contribution in [0.3, 0.4) is 0 Å². The van der Waals surface area contributed by atoms with E-state index in [0.717, 1.165) is 11.8 Å². The van der Waals surface area contributed by atoms with Crippen LogP contribution in [0.15, 0.2) is 22.4 Å². The van der Waals surface area contributed by atoms with E-state index in [1.807, 2.05) is 11.4 Å². The van der Waals surface area contributed by atoms with Crippen molar-refractivity contribution in [3.05, 3.63) is 23.1 Å². The molecule has 0 aliphatic rings. The standard InChI is InChI=1S/C11H12OS2/c1-3-7-4-5-8-9(12)6-14-11(8)10(7)13-2/h4-6,12H,3H2,1-2H3. The molecule has 0 aliphatic heterocycles. The average molecular weight is 224 g/mol. The number of thiophene rings is 1. The lowest BCUT2D eigenvalue weighted by molar-refractivity contribution is 0.483. The van der Waals surface area contributed by atoms with E-state index in [9.17, 15) is 5.11 Å². The number of benzene rings is 1. The maximum absolute atomic E-state index is 9.60. The number of hydrogen-bond donors (Lipinski definition) is 1. The highest BCUT2D eigenvalue weighted by molar-refractivity contribution is 7.99. The molecule has 3 heteroatoms. The van der Waals surface area contributed by atoms with Crippen molar-refractivity contribution in [3.63, 3.8) is 0 Å². The molecule has 2 rings (SSSR count). The fraction of sp³-hybridized carbons (Fsp3) is 0.273. The number of hydrogen-bond acceptors (Lipinski definition) is 3. The van der Waals surface area contributed by atoms with E-state index in [0.29, 0.717) is 5.75 Å². The molecule has 1 N–H and O–H groups in total. The van der Waals surface area contributed by atoms with Gasteiger partial charge in [-0.3, -0.25) is 0 Å². The smallest absolute Gasteiger partial charge is 0.134 e. The van der Waals surface area contributed by atoms with Gasteiger partial charge in [0.1, 0.15) is 5.75 Å². The van der Waals surface area contributed by atoms with E-state index >= 15 is 0 Å². The molecule has 0 radical (unpaired) electrons. The van der Waals surface area contributed by atoms with Crippen LogP contribution in [0.5, 0.6) is 5.75 Å². The average Bonchev–Trinajstić information content (AvgIpc) is 2.59. The fourth-order valence-corrected chi connectivity index (χ4v) is 3.66. The lowest BCUT2D eigenvalue weighted by Crippen LogP contribution is -1.84. The summed E-state index contributed by atoms with van der Waals surface area (Å²) < 4.78 is 1.22. The normalized spacial score (nSPS) is 11.0. The Morgan fingerprint density at radius 1 is 1.43 bits per heavy atom. The largest absolute Gasteiger partial charge is 0.506 e. The van der Waals surface area contributed by atoms with Crippen LogP contribution in [0.1, 0.15) is 12.5 Å². The van der Waals surface area contributed by atoms with Gasteiger partial charge in [-0.25, -0.2) is 0 Å². The quantitative estimate of drug-likeness (QED) is 0.781. The van der Waals surface area contributed by atoms with Crippen LogP contribution in [-0.4, -0.2) is 11.4 Å². The molecule has 0 unspecified atom stereocenters. The lowest BCUT2D eigenvalue weighted by atomic mass is 10.1. The maximum Gasteiger partial charge on any atom is 0.134 e. The Kier molecular flexibility index (Phi) is 2.70.